The molecular formula is C27H34FN5O. The lowest BCUT2D eigenvalue weighted by Gasteiger charge is -2.34. The Balaban J connectivity index is 1.60. The normalized spacial score (nSPS) is 22.9. The average molecular weight is 464 g/mol. The van der Waals surface area contributed by atoms with E-state index in [1.54, 1.807) is 25.4 Å². The van der Waals surface area contributed by atoms with Gasteiger partial charge in [-0.2, -0.15) is 0 Å². The van der Waals surface area contributed by atoms with E-state index in [0.717, 1.165) is 42.6 Å². The molecule has 1 aliphatic heterocycles. The van der Waals surface area contributed by atoms with Crippen LogP contribution in [0.4, 0.5) is 4.39 Å². The van der Waals surface area contributed by atoms with Crippen LogP contribution in [0.2, 0.25) is 0 Å². The molecule has 0 radical (unpaired) electrons. The number of hydrogen-bond acceptors (Lipinski definition) is 6. The van der Waals surface area contributed by atoms with Crippen LogP contribution in [0.25, 0.3) is 11.1 Å². The molecule has 3 N–H and O–H groups in total. The first-order chi connectivity index (χ1) is 16.3. The number of rotatable bonds is 5. The minimum absolute atomic E-state index is 0.0310. The summed E-state index contributed by atoms with van der Waals surface area (Å²) in [6.45, 7) is 8.22. The first kappa shape index (κ1) is 24.1. The first-order valence-corrected chi connectivity index (χ1v) is 12.0. The summed E-state index contributed by atoms with van der Waals surface area (Å²) >= 11 is 0. The summed E-state index contributed by atoms with van der Waals surface area (Å²) in [5, 5.41) is 13.3. The molecule has 1 unspecified atom stereocenters. The smallest absolute Gasteiger partial charge is 0.130 e. The van der Waals surface area contributed by atoms with Crippen molar-refractivity contribution in [2.45, 2.75) is 64.5 Å². The van der Waals surface area contributed by atoms with Crippen LogP contribution in [0.5, 0.6) is 0 Å². The zero-order chi connectivity index (χ0) is 24.2. The molecular weight excluding hydrogens is 429 g/mol. The Morgan fingerprint density at radius 3 is 2.65 bits per heavy atom. The summed E-state index contributed by atoms with van der Waals surface area (Å²) in [6, 6.07) is 9.15. The summed E-state index contributed by atoms with van der Waals surface area (Å²) in [6.07, 6.45) is 6.45. The highest BCUT2D eigenvalue weighted by molar-refractivity contribution is 6.25. The van der Waals surface area contributed by atoms with Gasteiger partial charge in [0.1, 0.15) is 11.9 Å². The molecule has 4 rings (SSSR count). The van der Waals surface area contributed by atoms with Crippen molar-refractivity contribution >= 4 is 11.4 Å². The number of nitrogens with one attached hydrogen (secondary N) is 1. The van der Waals surface area contributed by atoms with Gasteiger partial charge in [0.05, 0.1) is 5.71 Å². The molecule has 1 saturated carbocycles. The molecule has 2 aliphatic rings. The maximum atomic E-state index is 14.2. The van der Waals surface area contributed by atoms with Gasteiger partial charge in [0.15, 0.2) is 0 Å². The van der Waals surface area contributed by atoms with Gasteiger partial charge in [-0.05, 0) is 75.3 Å². The Morgan fingerprint density at radius 1 is 1.24 bits per heavy atom. The number of allylic oxidation sites excluding steroid dienone is 2. The maximum Gasteiger partial charge on any atom is 0.130 e. The predicted molar refractivity (Wildman–Crippen MR) is 134 cm³/mol. The van der Waals surface area contributed by atoms with Gasteiger partial charge >= 0.3 is 0 Å². The number of aromatic nitrogens is 1. The molecule has 180 valence electrons. The van der Waals surface area contributed by atoms with Crippen molar-refractivity contribution in [3.8, 4) is 11.1 Å². The number of nitrogens with zero attached hydrogens (tertiary/aromatic N) is 3. The van der Waals surface area contributed by atoms with E-state index in [2.05, 4.69) is 28.9 Å². The second-order valence-electron chi connectivity index (χ2n) is 9.59. The van der Waals surface area contributed by atoms with E-state index < -0.39 is 0 Å². The van der Waals surface area contributed by atoms with Gasteiger partial charge in [0.25, 0.3) is 0 Å². The minimum atomic E-state index is -0.295. The van der Waals surface area contributed by atoms with Crippen LogP contribution >= 0.6 is 0 Å². The Labute approximate surface area is 201 Å². The van der Waals surface area contributed by atoms with Crippen molar-refractivity contribution in [1.29, 1.82) is 5.41 Å². The molecule has 0 spiro atoms. The minimum Gasteiger partial charge on any atom is -0.402 e. The topological polar surface area (TPSA) is 87.6 Å². The summed E-state index contributed by atoms with van der Waals surface area (Å²) < 4.78 is 14.2. The Hall–Kier alpha value is -3.06. The number of oxime groups is 1. The molecule has 1 aromatic heterocycles. The van der Waals surface area contributed by atoms with E-state index >= 15 is 0 Å². The molecule has 1 saturated heterocycles. The van der Waals surface area contributed by atoms with E-state index in [1.807, 2.05) is 18.2 Å². The van der Waals surface area contributed by atoms with Crippen LogP contribution in [0, 0.1) is 11.2 Å². The van der Waals surface area contributed by atoms with E-state index in [4.69, 9.17) is 16.0 Å². The number of nitrogens with two attached hydrogens (primary N) is 1. The zero-order valence-corrected chi connectivity index (χ0v) is 20.2. The van der Waals surface area contributed by atoms with Crippen molar-refractivity contribution in [2.75, 3.05) is 13.1 Å². The van der Waals surface area contributed by atoms with Crippen molar-refractivity contribution in [2.24, 2.45) is 10.9 Å². The third-order valence-corrected chi connectivity index (χ3v) is 6.82. The van der Waals surface area contributed by atoms with E-state index in [-0.39, 0.29) is 17.8 Å². The van der Waals surface area contributed by atoms with Crippen molar-refractivity contribution in [1.82, 2.24) is 9.88 Å². The first-order valence-electron chi connectivity index (χ1n) is 12.0. The zero-order valence-electron chi connectivity index (χ0n) is 20.2. The Morgan fingerprint density at radius 2 is 2.00 bits per heavy atom. The monoisotopic (exact) mass is 463 g/mol. The van der Waals surface area contributed by atoms with Crippen LogP contribution in [0.1, 0.15) is 57.9 Å². The lowest BCUT2D eigenvalue weighted by atomic mass is 9.76. The summed E-state index contributed by atoms with van der Waals surface area (Å²) in [4.78, 5) is 12.7. The average Bonchev–Trinajstić information content (AvgIpc) is 2.83. The van der Waals surface area contributed by atoms with Gasteiger partial charge in [-0.3, -0.25) is 4.98 Å². The number of benzene rings is 1. The highest BCUT2D eigenvalue weighted by Crippen LogP contribution is 2.38. The number of halogens is 1. The van der Waals surface area contributed by atoms with Gasteiger partial charge in [0.2, 0.25) is 0 Å². The molecule has 0 bridgehead atoms. The van der Waals surface area contributed by atoms with Crippen molar-refractivity contribution in [3.05, 3.63) is 65.4 Å². The molecule has 1 aromatic carbocycles. The summed E-state index contributed by atoms with van der Waals surface area (Å²) in [7, 11) is 0. The highest BCUT2D eigenvalue weighted by atomic mass is 19.1. The number of likely N-dealkylation sites (tertiary alicyclic amines) is 1. The molecule has 34 heavy (non-hydrogen) atoms. The number of hydrogen-bond donors (Lipinski definition) is 2. The number of piperidine rings is 1. The standard InChI is InChI=1S/C27H34FN5O/c1-17(2)33-11-8-22(9-12-33)34-32-26-14-20(13-25(30)27(26)18(3)29)23-7-6-21(28)15-24(23)19-5-4-10-31-16-19/h4-7,10,15-17,20,22,30H,8-9,11-14,29H2,1-3H3/b27-18+,30-25?,32-26+. The molecule has 2 fully saturated rings. The molecule has 1 aliphatic carbocycles. The molecule has 2 aromatic rings. The maximum absolute atomic E-state index is 14.2. The van der Waals surface area contributed by atoms with Gasteiger partial charge in [-0.25, -0.2) is 4.39 Å². The lowest BCUT2D eigenvalue weighted by Crippen LogP contribution is -2.40. The Kier molecular flexibility index (Phi) is 7.41. The quantitative estimate of drug-likeness (QED) is 0.592. The van der Waals surface area contributed by atoms with Crippen LogP contribution in [0.15, 0.2) is 59.2 Å². The fraction of sp³-hybridized carbons (Fsp3) is 0.444. The fourth-order valence-corrected chi connectivity index (χ4v) is 4.99. The molecule has 0 amide bonds. The molecule has 1 atom stereocenters. The fourth-order valence-electron chi connectivity index (χ4n) is 4.99. The molecule has 2 heterocycles. The van der Waals surface area contributed by atoms with Crippen LogP contribution < -0.4 is 5.73 Å². The summed E-state index contributed by atoms with van der Waals surface area (Å²) in [5.41, 5.74) is 11.2. The van der Waals surface area contributed by atoms with Gasteiger partial charge in [-0.15, -0.1) is 0 Å². The second-order valence-corrected chi connectivity index (χ2v) is 9.59. The lowest BCUT2D eigenvalue weighted by molar-refractivity contribution is 0.00407. The second kappa shape index (κ2) is 10.5. The largest absolute Gasteiger partial charge is 0.402 e. The Bertz CT molecular complexity index is 1080. The predicted octanol–water partition coefficient (Wildman–Crippen LogP) is 5.26. The van der Waals surface area contributed by atoms with Gasteiger partial charge in [-0.1, -0.05) is 17.3 Å². The van der Waals surface area contributed by atoms with Gasteiger partial charge in [0, 0.05) is 60.5 Å². The van der Waals surface area contributed by atoms with Crippen LogP contribution in [-0.2, 0) is 4.84 Å². The molecule has 6 nitrogen and oxygen atoms in total. The third-order valence-electron chi connectivity index (χ3n) is 6.82. The third kappa shape index (κ3) is 5.36. The number of pyridine rings is 1. The molecule has 7 heteroatoms. The summed E-state index contributed by atoms with van der Waals surface area (Å²) in [5.74, 6) is -0.326. The highest BCUT2D eigenvalue weighted by Gasteiger charge is 2.31. The van der Waals surface area contributed by atoms with E-state index in [0.29, 0.717) is 41.6 Å². The van der Waals surface area contributed by atoms with E-state index in [1.165, 1.54) is 6.07 Å². The van der Waals surface area contributed by atoms with Crippen LogP contribution in [0.3, 0.4) is 0 Å². The van der Waals surface area contributed by atoms with Gasteiger partial charge < -0.3 is 20.9 Å². The SMILES string of the molecule is C/C(N)=C1/C(=N)CC(c2ccc(F)cc2-c2cccnc2)C/C1=N\OC1CCN(C(C)C)CC1. The van der Waals surface area contributed by atoms with E-state index in [9.17, 15) is 4.39 Å². The van der Waals surface area contributed by atoms with Crippen molar-refractivity contribution < 1.29 is 9.23 Å². The van der Waals surface area contributed by atoms with Crippen LogP contribution in [-0.4, -0.2) is 46.5 Å². The van der Waals surface area contributed by atoms with Crippen molar-refractivity contribution in [3.63, 3.8) is 0 Å².